The van der Waals surface area contributed by atoms with Crippen molar-refractivity contribution >= 4 is 34.2 Å². The number of anilines is 1. The molecule has 0 saturated heterocycles. The van der Waals surface area contributed by atoms with Crippen LogP contribution in [0.1, 0.15) is 33.8 Å². The van der Waals surface area contributed by atoms with Crippen LogP contribution in [0.5, 0.6) is 0 Å². The summed E-state index contributed by atoms with van der Waals surface area (Å²) in [7, 11) is 0. The van der Waals surface area contributed by atoms with Crippen molar-refractivity contribution in [1.29, 1.82) is 0 Å². The minimum absolute atomic E-state index is 0.0346. The first kappa shape index (κ1) is 17.7. The lowest BCUT2D eigenvalue weighted by Gasteiger charge is -2.26. The lowest BCUT2D eigenvalue weighted by molar-refractivity contribution is -0.131. The molecule has 0 bridgehead atoms. The smallest absolute Gasteiger partial charge is 0.251 e. The summed E-state index contributed by atoms with van der Waals surface area (Å²) in [6.45, 7) is 0.992. The minimum Gasteiger partial charge on any atom is -0.343 e. The van der Waals surface area contributed by atoms with Gasteiger partial charge in [0.25, 0.3) is 5.91 Å². The van der Waals surface area contributed by atoms with E-state index in [9.17, 15) is 14.4 Å². The van der Waals surface area contributed by atoms with Crippen LogP contribution in [0.2, 0.25) is 0 Å². The Morgan fingerprint density at radius 3 is 2.70 bits per heavy atom. The molecule has 1 fully saturated rings. The van der Waals surface area contributed by atoms with Crippen LogP contribution in [0, 0.1) is 5.92 Å². The Morgan fingerprint density at radius 1 is 1.19 bits per heavy atom. The molecule has 2 heterocycles. The van der Waals surface area contributed by atoms with E-state index in [4.69, 9.17) is 0 Å². The number of nitrogens with zero attached hydrogens (tertiary/aromatic N) is 2. The first-order chi connectivity index (χ1) is 13.1. The summed E-state index contributed by atoms with van der Waals surface area (Å²) in [5, 5.41) is 6.16. The second kappa shape index (κ2) is 7.48. The van der Waals surface area contributed by atoms with E-state index in [0.29, 0.717) is 30.2 Å². The number of thiazole rings is 1. The summed E-state index contributed by atoms with van der Waals surface area (Å²) in [4.78, 5) is 43.6. The molecule has 27 heavy (non-hydrogen) atoms. The van der Waals surface area contributed by atoms with Gasteiger partial charge in [-0.05, 0) is 25.0 Å². The van der Waals surface area contributed by atoms with Crippen LogP contribution in [0.4, 0.5) is 5.13 Å². The molecule has 8 heteroatoms. The van der Waals surface area contributed by atoms with E-state index in [-0.39, 0.29) is 30.2 Å². The number of nitrogens with one attached hydrogen (secondary N) is 2. The van der Waals surface area contributed by atoms with E-state index in [1.54, 1.807) is 29.2 Å². The number of rotatable bonds is 5. The number of amides is 3. The monoisotopic (exact) mass is 384 g/mol. The van der Waals surface area contributed by atoms with Gasteiger partial charge in [0, 0.05) is 29.3 Å². The van der Waals surface area contributed by atoms with Crippen LogP contribution < -0.4 is 10.6 Å². The predicted molar refractivity (Wildman–Crippen MR) is 101 cm³/mol. The van der Waals surface area contributed by atoms with Crippen molar-refractivity contribution in [1.82, 2.24) is 15.2 Å². The van der Waals surface area contributed by atoms with Crippen LogP contribution in [0.3, 0.4) is 0 Å². The maximum Gasteiger partial charge on any atom is 0.251 e. The largest absolute Gasteiger partial charge is 0.343 e. The maximum atomic E-state index is 12.5. The zero-order chi connectivity index (χ0) is 18.8. The van der Waals surface area contributed by atoms with E-state index in [1.165, 1.54) is 11.3 Å². The zero-order valence-electron chi connectivity index (χ0n) is 14.7. The number of fused-ring (bicyclic) bond motifs is 1. The molecule has 1 aliphatic heterocycles. The number of aromatic nitrogens is 1. The van der Waals surface area contributed by atoms with Crippen LogP contribution in [0.15, 0.2) is 30.3 Å². The molecule has 1 saturated carbocycles. The molecule has 1 aromatic heterocycles. The van der Waals surface area contributed by atoms with Crippen molar-refractivity contribution < 1.29 is 14.4 Å². The molecule has 2 aromatic rings. The standard InChI is InChI=1S/C19H20N4O3S/c24-16(10-20-17(25)12-4-2-1-3-5-12)23-9-8-14-15(11-23)27-19(21-14)22-18(26)13-6-7-13/h1-5,13H,6-11H2,(H,20,25)(H,21,22,26). The zero-order valence-corrected chi connectivity index (χ0v) is 15.6. The van der Waals surface area contributed by atoms with Gasteiger partial charge in [-0.15, -0.1) is 0 Å². The SMILES string of the molecule is O=C(NCC(=O)N1CCc2nc(NC(=O)C3CC3)sc2C1)c1ccccc1. The van der Waals surface area contributed by atoms with Gasteiger partial charge in [0.2, 0.25) is 11.8 Å². The average Bonchev–Trinajstić information content (AvgIpc) is 3.46. The number of carbonyl (C=O) groups is 3. The second-order valence-electron chi connectivity index (χ2n) is 6.77. The van der Waals surface area contributed by atoms with E-state index >= 15 is 0 Å². The van der Waals surface area contributed by atoms with Crippen molar-refractivity contribution in [2.24, 2.45) is 5.92 Å². The highest BCUT2D eigenvalue weighted by atomic mass is 32.1. The Balaban J connectivity index is 1.32. The highest BCUT2D eigenvalue weighted by Gasteiger charge is 2.31. The molecular formula is C19H20N4O3S. The van der Waals surface area contributed by atoms with Gasteiger partial charge in [-0.25, -0.2) is 4.98 Å². The highest BCUT2D eigenvalue weighted by Crippen LogP contribution is 2.32. The molecule has 2 N–H and O–H groups in total. The van der Waals surface area contributed by atoms with Crippen LogP contribution in [0.25, 0.3) is 0 Å². The fraction of sp³-hybridized carbons (Fsp3) is 0.368. The number of hydrogen-bond acceptors (Lipinski definition) is 5. The average molecular weight is 384 g/mol. The third-order valence-electron chi connectivity index (χ3n) is 4.70. The first-order valence-electron chi connectivity index (χ1n) is 9.00. The van der Waals surface area contributed by atoms with E-state index < -0.39 is 0 Å². The number of hydrogen-bond donors (Lipinski definition) is 2. The third-order valence-corrected chi connectivity index (χ3v) is 5.70. The fourth-order valence-corrected chi connectivity index (χ4v) is 4.00. The van der Waals surface area contributed by atoms with E-state index in [1.807, 2.05) is 6.07 Å². The summed E-state index contributed by atoms with van der Waals surface area (Å²) in [6, 6.07) is 8.83. The molecular weight excluding hydrogens is 364 g/mol. The molecule has 0 atom stereocenters. The predicted octanol–water partition coefficient (Wildman–Crippen LogP) is 1.81. The van der Waals surface area contributed by atoms with E-state index in [0.717, 1.165) is 23.4 Å². The number of benzene rings is 1. The van der Waals surface area contributed by atoms with Gasteiger partial charge in [0.05, 0.1) is 18.8 Å². The molecule has 140 valence electrons. The summed E-state index contributed by atoms with van der Waals surface area (Å²) in [5.41, 5.74) is 1.48. The molecule has 0 spiro atoms. The summed E-state index contributed by atoms with van der Waals surface area (Å²) in [5.74, 6) is -0.207. The normalized spacial score (nSPS) is 15.8. The molecule has 4 rings (SSSR count). The van der Waals surface area contributed by atoms with Gasteiger partial charge >= 0.3 is 0 Å². The van der Waals surface area contributed by atoms with E-state index in [2.05, 4.69) is 15.6 Å². The van der Waals surface area contributed by atoms with Gasteiger partial charge in [0.1, 0.15) is 0 Å². The molecule has 1 aliphatic carbocycles. The van der Waals surface area contributed by atoms with Crippen molar-refractivity contribution in [2.45, 2.75) is 25.8 Å². The minimum atomic E-state index is -0.260. The fourth-order valence-electron chi connectivity index (χ4n) is 2.97. The number of carbonyl (C=O) groups excluding carboxylic acids is 3. The van der Waals surface area contributed by atoms with Crippen LogP contribution >= 0.6 is 11.3 Å². The summed E-state index contributed by atoms with van der Waals surface area (Å²) in [6.07, 6.45) is 2.56. The summed E-state index contributed by atoms with van der Waals surface area (Å²) < 4.78 is 0. The van der Waals surface area contributed by atoms with Crippen LogP contribution in [-0.4, -0.2) is 40.7 Å². The van der Waals surface area contributed by atoms with Gasteiger partial charge in [-0.1, -0.05) is 29.5 Å². The quantitative estimate of drug-likeness (QED) is 0.822. The van der Waals surface area contributed by atoms with Crippen molar-refractivity contribution in [3.8, 4) is 0 Å². The Labute approximate surface area is 160 Å². The second-order valence-corrected chi connectivity index (χ2v) is 7.85. The maximum absolute atomic E-state index is 12.5. The molecule has 3 amide bonds. The van der Waals surface area contributed by atoms with Crippen LogP contribution in [-0.2, 0) is 22.6 Å². The van der Waals surface area contributed by atoms with Gasteiger partial charge in [0.15, 0.2) is 5.13 Å². The van der Waals surface area contributed by atoms with Crippen molar-refractivity contribution in [3.05, 3.63) is 46.5 Å². The first-order valence-corrected chi connectivity index (χ1v) is 9.82. The van der Waals surface area contributed by atoms with Crippen molar-refractivity contribution in [3.63, 3.8) is 0 Å². The molecule has 0 radical (unpaired) electrons. The summed E-state index contributed by atoms with van der Waals surface area (Å²) >= 11 is 1.43. The molecule has 7 nitrogen and oxygen atoms in total. The topological polar surface area (TPSA) is 91.4 Å². The van der Waals surface area contributed by atoms with Gasteiger partial charge < -0.3 is 15.5 Å². The van der Waals surface area contributed by atoms with Gasteiger partial charge in [-0.3, -0.25) is 14.4 Å². The lowest BCUT2D eigenvalue weighted by atomic mass is 10.2. The lowest BCUT2D eigenvalue weighted by Crippen LogP contribution is -2.42. The molecule has 0 unspecified atom stereocenters. The van der Waals surface area contributed by atoms with Gasteiger partial charge in [-0.2, -0.15) is 0 Å². The molecule has 2 aliphatic rings. The Morgan fingerprint density at radius 2 is 1.96 bits per heavy atom. The Kier molecular flexibility index (Phi) is 4.89. The highest BCUT2D eigenvalue weighted by molar-refractivity contribution is 7.15. The Hall–Kier alpha value is -2.74. The third kappa shape index (κ3) is 4.16. The molecule has 1 aromatic carbocycles. The Bertz CT molecular complexity index is 876. The van der Waals surface area contributed by atoms with Crippen molar-refractivity contribution in [2.75, 3.05) is 18.4 Å².